The summed E-state index contributed by atoms with van der Waals surface area (Å²) in [4.78, 5) is 4.44. The molecule has 3 aromatic rings. The first-order chi connectivity index (χ1) is 13.0. The minimum absolute atomic E-state index is 0.335. The number of hydrogen-bond donors (Lipinski definition) is 2. The van der Waals surface area contributed by atoms with E-state index in [1.165, 1.54) is 6.20 Å². The monoisotopic (exact) mass is 385 g/mol. The van der Waals surface area contributed by atoms with Gasteiger partial charge in [-0.3, -0.25) is 0 Å². The number of hydrogen-bond acceptors (Lipinski definition) is 7. The van der Waals surface area contributed by atoms with Crippen molar-refractivity contribution < 1.29 is 9.47 Å². The van der Waals surface area contributed by atoms with Crippen LogP contribution in [0.25, 0.3) is 0 Å². The largest absolute Gasteiger partial charge is 0.497 e. The van der Waals surface area contributed by atoms with E-state index < -0.39 is 0 Å². The van der Waals surface area contributed by atoms with Crippen molar-refractivity contribution in [1.82, 2.24) is 15.2 Å². The van der Waals surface area contributed by atoms with Crippen molar-refractivity contribution in [3.63, 3.8) is 0 Å². The summed E-state index contributed by atoms with van der Waals surface area (Å²) in [5, 5.41) is 14.9. The van der Waals surface area contributed by atoms with E-state index in [1.54, 1.807) is 20.3 Å². The van der Waals surface area contributed by atoms with Gasteiger partial charge in [0.15, 0.2) is 5.82 Å². The Morgan fingerprint density at radius 3 is 2.52 bits per heavy atom. The maximum absolute atomic E-state index is 6.34. The standard InChI is InChI=1S/C19H20ClN5O2/c1-11-7-12(2)18(14(20)8-11)24-19-23-17(10-21-25-19)22-15-6-5-13(26-3)9-16(15)27-4/h5-10H,1-4H3,(H2,22,23,24,25). The number of nitrogens with zero attached hydrogens (tertiary/aromatic N) is 3. The number of nitrogens with one attached hydrogen (secondary N) is 2. The predicted molar refractivity (Wildman–Crippen MR) is 107 cm³/mol. The van der Waals surface area contributed by atoms with Crippen LogP contribution in [0.4, 0.5) is 23.1 Å². The minimum Gasteiger partial charge on any atom is -0.497 e. The highest BCUT2D eigenvalue weighted by Gasteiger charge is 2.10. The van der Waals surface area contributed by atoms with Crippen molar-refractivity contribution in [2.75, 3.05) is 24.9 Å². The molecule has 0 aliphatic rings. The average Bonchev–Trinajstić information content (AvgIpc) is 2.65. The van der Waals surface area contributed by atoms with E-state index in [-0.39, 0.29) is 0 Å². The SMILES string of the molecule is COc1ccc(Nc2cnnc(Nc3c(C)cc(C)cc3Cl)n2)c(OC)c1. The van der Waals surface area contributed by atoms with Gasteiger partial charge in [-0.1, -0.05) is 17.7 Å². The third kappa shape index (κ3) is 4.38. The fourth-order valence-corrected chi connectivity index (χ4v) is 3.01. The van der Waals surface area contributed by atoms with Gasteiger partial charge in [0.2, 0.25) is 5.95 Å². The molecule has 0 amide bonds. The third-order valence-corrected chi connectivity index (χ3v) is 4.20. The van der Waals surface area contributed by atoms with Crippen molar-refractivity contribution in [3.8, 4) is 11.5 Å². The molecule has 0 aliphatic carbocycles. The summed E-state index contributed by atoms with van der Waals surface area (Å²) in [6.07, 6.45) is 1.53. The Morgan fingerprint density at radius 2 is 1.81 bits per heavy atom. The molecule has 0 saturated carbocycles. The Balaban J connectivity index is 1.85. The lowest BCUT2D eigenvalue weighted by Crippen LogP contribution is -2.04. The van der Waals surface area contributed by atoms with E-state index in [0.717, 1.165) is 22.5 Å². The lowest BCUT2D eigenvalue weighted by atomic mass is 10.1. The van der Waals surface area contributed by atoms with Gasteiger partial charge in [0.05, 0.1) is 36.8 Å². The predicted octanol–water partition coefficient (Wildman–Crippen LogP) is 4.65. The minimum atomic E-state index is 0.335. The maximum Gasteiger partial charge on any atom is 0.249 e. The van der Waals surface area contributed by atoms with Gasteiger partial charge >= 0.3 is 0 Å². The summed E-state index contributed by atoms with van der Waals surface area (Å²) >= 11 is 6.34. The molecule has 1 aromatic heterocycles. The Kier molecular flexibility index (Phi) is 5.61. The number of halogens is 1. The highest BCUT2D eigenvalue weighted by molar-refractivity contribution is 6.33. The molecular weight excluding hydrogens is 366 g/mol. The van der Waals surface area contributed by atoms with Crippen LogP contribution in [0, 0.1) is 13.8 Å². The number of aromatic nitrogens is 3. The van der Waals surface area contributed by atoms with E-state index in [9.17, 15) is 0 Å². The molecule has 27 heavy (non-hydrogen) atoms. The van der Waals surface area contributed by atoms with Crippen molar-refractivity contribution in [2.24, 2.45) is 0 Å². The quantitative estimate of drug-likeness (QED) is 0.639. The van der Waals surface area contributed by atoms with Gasteiger partial charge in [0.25, 0.3) is 0 Å². The van der Waals surface area contributed by atoms with Gasteiger partial charge < -0.3 is 20.1 Å². The van der Waals surface area contributed by atoms with Crippen LogP contribution < -0.4 is 20.1 Å². The zero-order chi connectivity index (χ0) is 19.4. The summed E-state index contributed by atoms with van der Waals surface area (Å²) in [7, 11) is 3.19. The van der Waals surface area contributed by atoms with Gasteiger partial charge in [0.1, 0.15) is 11.5 Å². The van der Waals surface area contributed by atoms with E-state index in [2.05, 4.69) is 25.8 Å². The van der Waals surface area contributed by atoms with Crippen LogP contribution in [-0.2, 0) is 0 Å². The van der Waals surface area contributed by atoms with Crippen molar-refractivity contribution in [3.05, 3.63) is 52.7 Å². The summed E-state index contributed by atoms with van der Waals surface area (Å²) in [5.41, 5.74) is 3.57. The highest BCUT2D eigenvalue weighted by Crippen LogP contribution is 2.32. The summed E-state index contributed by atoms with van der Waals surface area (Å²) in [6.45, 7) is 3.96. The van der Waals surface area contributed by atoms with Gasteiger partial charge in [-0.05, 0) is 43.2 Å². The molecule has 0 saturated heterocycles. The Hall–Kier alpha value is -3.06. The molecule has 2 aromatic carbocycles. The van der Waals surface area contributed by atoms with Crippen molar-refractivity contribution in [2.45, 2.75) is 13.8 Å². The van der Waals surface area contributed by atoms with E-state index in [4.69, 9.17) is 21.1 Å². The van der Waals surface area contributed by atoms with Crippen LogP contribution in [0.5, 0.6) is 11.5 Å². The van der Waals surface area contributed by atoms with Crippen LogP contribution in [0.1, 0.15) is 11.1 Å². The normalized spacial score (nSPS) is 10.4. The third-order valence-electron chi connectivity index (χ3n) is 3.90. The molecule has 0 fully saturated rings. The number of rotatable bonds is 6. The van der Waals surface area contributed by atoms with Crippen LogP contribution in [0.15, 0.2) is 36.5 Å². The Labute approximate surface area is 162 Å². The molecule has 0 unspecified atom stereocenters. The molecule has 2 N–H and O–H groups in total. The smallest absolute Gasteiger partial charge is 0.249 e. The number of ether oxygens (including phenoxy) is 2. The second kappa shape index (κ2) is 8.09. The Bertz CT molecular complexity index is 942. The van der Waals surface area contributed by atoms with E-state index >= 15 is 0 Å². The number of benzene rings is 2. The van der Waals surface area contributed by atoms with Gasteiger partial charge in [0, 0.05) is 6.07 Å². The molecule has 1 heterocycles. The van der Waals surface area contributed by atoms with Crippen LogP contribution in [0.3, 0.4) is 0 Å². The molecule has 0 aliphatic heterocycles. The topological polar surface area (TPSA) is 81.2 Å². The number of aryl methyl sites for hydroxylation is 2. The molecule has 140 valence electrons. The van der Waals surface area contributed by atoms with Crippen LogP contribution >= 0.6 is 11.6 Å². The van der Waals surface area contributed by atoms with E-state index in [0.29, 0.717) is 28.3 Å². The van der Waals surface area contributed by atoms with Crippen LogP contribution in [0.2, 0.25) is 5.02 Å². The summed E-state index contributed by atoms with van der Waals surface area (Å²) < 4.78 is 10.6. The fraction of sp³-hybridized carbons (Fsp3) is 0.211. The maximum atomic E-state index is 6.34. The van der Waals surface area contributed by atoms with Gasteiger partial charge in [-0.25, -0.2) is 0 Å². The molecule has 0 radical (unpaired) electrons. The zero-order valence-electron chi connectivity index (χ0n) is 15.5. The lowest BCUT2D eigenvalue weighted by Gasteiger charge is -2.13. The second-order valence-corrected chi connectivity index (χ2v) is 6.33. The molecule has 0 atom stereocenters. The first-order valence-electron chi connectivity index (χ1n) is 8.22. The second-order valence-electron chi connectivity index (χ2n) is 5.92. The summed E-state index contributed by atoms with van der Waals surface area (Å²) in [6, 6.07) is 9.37. The van der Waals surface area contributed by atoms with Crippen LogP contribution in [-0.4, -0.2) is 29.4 Å². The van der Waals surface area contributed by atoms with Gasteiger partial charge in [-0.15, -0.1) is 5.10 Å². The lowest BCUT2D eigenvalue weighted by molar-refractivity contribution is 0.395. The first-order valence-corrected chi connectivity index (χ1v) is 8.60. The molecule has 0 spiro atoms. The van der Waals surface area contributed by atoms with E-state index in [1.807, 2.05) is 38.1 Å². The molecule has 0 bridgehead atoms. The fourth-order valence-electron chi connectivity index (χ4n) is 2.64. The van der Waals surface area contributed by atoms with Gasteiger partial charge in [-0.2, -0.15) is 10.1 Å². The molecule has 8 heteroatoms. The Morgan fingerprint density at radius 1 is 1.00 bits per heavy atom. The number of methoxy groups -OCH3 is 2. The van der Waals surface area contributed by atoms with Crippen molar-refractivity contribution in [1.29, 1.82) is 0 Å². The molecule has 3 rings (SSSR count). The zero-order valence-corrected chi connectivity index (χ0v) is 16.3. The molecule has 7 nitrogen and oxygen atoms in total. The van der Waals surface area contributed by atoms with Crippen molar-refractivity contribution >= 4 is 34.7 Å². The first kappa shape index (κ1) is 18.7. The average molecular weight is 386 g/mol. The highest BCUT2D eigenvalue weighted by atomic mass is 35.5. The molecular formula is C19H20ClN5O2. The number of anilines is 4. The summed E-state index contributed by atoms with van der Waals surface area (Å²) in [5.74, 6) is 2.17.